The number of benzene rings is 1. The second-order valence-corrected chi connectivity index (χ2v) is 4.45. The van der Waals surface area contributed by atoms with Crippen molar-refractivity contribution in [2.45, 2.75) is 32.0 Å². The van der Waals surface area contributed by atoms with Crippen LogP contribution in [0.15, 0.2) is 18.2 Å². The Labute approximate surface area is 102 Å². The number of hydrogen-bond acceptors (Lipinski definition) is 2. The summed E-state index contributed by atoms with van der Waals surface area (Å²) < 4.78 is 38.2. The fraction of sp³-hybridized carbons (Fsp3) is 0.417. The summed E-state index contributed by atoms with van der Waals surface area (Å²) in [4.78, 5) is 10.8. The summed E-state index contributed by atoms with van der Waals surface area (Å²) >= 11 is 0. The predicted molar refractivity (Wildman–Crippen MR) is 60.2 cm³/mol. The highest BCUT2D eigenvalue weighted by Gasteiger charge is 2.58. The van der Waals surface area contributed by atoms with Crippen LogP contribution in [-0.4, -0.2) is 22.8 Å². The number of carboxylic acids is 1. The summed E-state index contributed by atoms with van der Waals surface area (Å²) in [7, 11) is 0. The monoisotopic (exact) mass is 261 g/mol. The molecule has 6 heteroatoms. The molecule has 0 amide bonds. The van der Waals surface area contributed by atoms with Gasteiger partial charge in [0.25, 0.3) is 0 Å². The number of halogens is 3. The molecule has 1 rings (SSSR count). The topological polar surface area (TPSA) is 63.3 Å². The molecule has 3 nitrogen and oxygen atoms in total. The lowest BCUT2D eigenvalue weighted by Crippen LogP contribution is -2.61. The zero-order chi connectivity index (χ0) is 14.1. The third-order valence-electron chi connectivity index (χ3n) is 2.65. The molecule has 100 valence electrons. The van der Waals surface area contributed by atoms with E-state index in [-0.39, 0.29) is 5.56 Å². The van der Waals surface area contributed by atoms with E-state index in [9.17, 15) is 18.0 Å². The van der Waals surface area contributed by atoms with Gasteiger partial charge in [-0.3, -0.25) is 0 Å². The van der Waals surface area contributed by atoms with Gasteiger partial charge in [0.05, 0.1) is 0 Å². The molecule has 0 aliphatic carbocycles. The normalized spacial score (nSPS) is 15.2. The number of nitrogens with two attached hydrogens (primary N) is 1. The van der Waals surface area contributed by atoms with Crippen LogP contribution in [-0.2, 0) is 11.2 Å². The van der Waals surface area contributed by atoms with Gasteiger partial charge in [-0.05, 0) is 19.4 Å². The van der Waals surface area contributed by atoms with Gasteiger partial charge in [-0.2, -0.15) is 13.2 Å². The number of carboxylic acid groups (broad SMARTS) is 1. The quantitative estimate of drug-likeness (QED) is 0.876. The van der Waals surface area contributed by atoms with Crippen LogP contribution in [0.1, 0.15) is 16.7 Å². The summed E-state index contributed by atoms with van der Waals surface area (Å²) in [5.74, 6) is -2.07. The highest BCUT2D eigenvalue weighted by molar-refractivity contribution is 5.80. The summed E-state index contributed by atoms with van der Waals surface area (Å²) in [5, 5.41) is 8.72. The second-order valence-electron chi connectivity index (χ2n) is 4.45. The van der Waals surface area contributed by atoms with Gasteiger partial charge in [0.15, 0.2) is 0 Å². The number of alkyl halides is 3. The van der Waals surface area contributed by atoms with Crippen LogP contribution in [0.25, 0.3) is 0 Å². The third kappa shape index (κ3) is 2.81. The fourth-order valence-corrected chi connectivity index (χ4v) is 1.79. The Balaban J connectivity index is 3.16. The average molecular weight is 261 g/mol. The van der Waals surface area contributed by atoms with Crippen molar-refractivity contribution in [1.82, 2.24) is 0 Å². The molecule has 1 unspecified atom stereocenters. The molecule has 0 aliphatic heterocycles. The number of rotatable bonds is 3. The third-order valence-corrected chi connectivity index (χ3v) is 2.65. The fourth-order valence-electron chi connectivity index (χ4n) is 1.79. The Morgan fingerprint density at radius 3 is 2.00 bits per heavy atom. The average Bonchev–Trinajstić information content (AvgIpc) is 2.13. The van der Waals surface area contributed by atoms with Crippen LogP contribution < -0.4 is 5.73 Å². The van der Waals surface area contributed by atoms with E-state index in [0.29, 0.717) is 0 Å². The molecule has 0 spiro atoms. The van der Waals surface area contributed by atoms with Crippen LogP contribution in [0.2, 0.25) is 0 Å². The van der Waals surface area contributed by atoms with Crippen molar-refractivity contribution in [3.63, 3.8) is 0 Å². The molecule has 1 atom stereocenters. The van der Waals surface area contributed by atoms with E-state index in [4.69, 9.17) is 10.8 Å². The highest BCUT2D eigenvalue weighted by Crippen LogP contribution is 2.32. The SMILES string of the molecule is Cc1cc(C)cc(CC(N)(C(=O)O)C(F)(F)F)c1. The van der Waals surface area contributed by atoms with Gasteiger partial charge in [-0.15, -0.1) is 0 Å². The van der Waals surface area contributed by atoms with Gasteiger partial charge in [0.2, 0.25) is 5.54 Å². The highest BCUT2D eigenvalue weighted by atomic mass is 19.4. The molecule has 0 saturated heterocycles. The molecular formula is C12H14F3NO2. The molecule has 18 heavy (non-hydrogen) atoms. The van der Waals surface area contributed by atoms with Crippen molar-refractivity contribution in [3.8, 4) is 0 Å². The molecule has 0 bridgehead atoms. The lowest BCUT2D eigenvalue weighted by molar-refractivity contribution is -0.201. The first kappa shape index (κ1) is 14.5. The molecule has 1 aromatic carbocycles. The Morgan fingerprint density at radius 2 is 1.67 bits per heavy atom. The van der Waals surface area contributed by atoms with Crippen LogP contribution in [0.3, 0.4) is 0 Å². The van der Waals surface area contributed by atoms with E-state index in [2.05, 4.69) is 0 Å². The molecular weight excluding hydrogens is 247 g/mol. The predicted octanol–water partition coefficient (Wildman–Crippen LogP) is 2.19. The minimum absolute atomic E-state index is 0.259. The molecule has 1 aromatic rings. The van der Waals surface area contributed by atoms with Gasteiger partial charge in [-0.25, -0.2) is 4.79 Å². The van der Waals surface area contributed by atoms with Gasteiger partial charge in [0, 0.05) is 6.42 Å². The first-order valence-corrected chi connectivity index (χ1v) is 5.22. The van der Waals surface area contributed by atoms with E-state index in [1.807, 2.05) is 0 Å². The zero-order valence-electron chi connectivity index (χ0n) is 10.0. The number of aliphatic carboxylic acids is 1. The van der Waals surface area contributed by atoms with Crippen LogP contribution in [0.4, 0.5) is 13.2 Å². The van der Waals surface area contributed by atoms with Crippen LogP contribution in [0.5, 0.6) is 0 Å². The number of carbonyl (C=O) groups is 1. The van der Waals surface area contributed by atoms with Crippen molar-refractivity contribution in [1.29, 1.82) is 0 Å². The van der Waals surface area contributed by atoms with Crippen LogP contribution >= 0.6 is 0 Å². The number of hydrogen-bond donors (Lipinski definition) is 2. The lowest BCUT2D eigenvalue weighted by Gasteiger charge is -2.27. The first-order valence-electron chi connectivity index (χ1n) is 5.22. The maximum atomic E-state index is 12.7. The Hall–Kier alpha value is -1.56. The van der Waals surface area contributed by atoms with Gasteiger partial charge >= 0.3 is 12.1 Å². The van der Waals surface area contributed by atoms with Gasteiger partial charge < -0.3 is 10.8 Å². The summed E-state index contributed by atoms with van der Waals surface area (Å²) in [6.07, 6.45) is -5.79. The molecule has 0 heterocycles. The Bertz CT molecular complexity index is 451. The first-order chi connectivity index (χ1) is 8.06. The zero-order valence-corrected chi connectivity index (χ0v) is 10.0. The van der Waals surface area contributed by atoms with Crippen molar-refractivity contribution in [2.75, 3.05) is 0 Å². The summed E-state index contributed by atoms with van der Waals surface area (Å²) in [6.45, 7) is 3.45. The van der Waals surface area contributed by atoms with Crippen molar-refractivity contribution < 1.29 is 23.1 Å². The smallest absolute Gasteiger partial charge is 0.417 e. The Morgan fingerprint density at radius 1 is 1.22 bits per heavy atom. The van der Waals surface area contributed by atoms with E-state index in [1.165, 1.54) is 12.1 Å². The van der Waals surface area contributed by atoms with E-state index in [1.54, 1.807) is 19.9 Å². The maximum Gasteiger partial charge on any atom is 0.417 e. The van der Waals surface area contributed by atoms with Crippen molar-refractivity contribution in [3.05, 3.63) is 34.9 Å². The number of aryl methyl sites for hydroxylation is 2. The molecule has 0 radical (unpaired) electrons. The van der Waals surface area contributed by atoms with Crippen molar-refractivity contribution in [2.24, 2.45) is 5.73 Å². The minimum atomic E-state index is -5.00. The van der Waals surface area contributed by atoms with Crippen molar-refractivity contribution >= 4 is 5.97 Å². The summed E-state index contributed by atoms with van der Waals surface area (Å²) in [6, 6.07) is 4.79. The van der Waals surface area contributed by atoms with Gasteiger partial charge in [-0.1, -0.05) is 29.3 Å². The van der Waals surface area contributed by atoms with E-state index in [0.717, 1.165) is 11.1 Å². The lowest BCUT2D eigenvalue weighted by atomic mass is 9.90. The second kappa shape index (κ2) is 4.61. The largest absolute Gasteiger partial charge is 0.480 e. The van der Waals surface area contributed by atoms with Gasteiger partial charge in [0.1, 0.15) is 0 Å². The van der Waals surface area contributed by atoms with E-state index >= 15 is 0 Å². The molecule has 0 aromatic heterocycles. The molecule has 0 aliphatic rings. The minimum Gasteiger partial charge on any atom is -0.480 e. The van der Waals surface area contributed by atoms with Crippen LogP contribution in [0, 0.1) is 13.8 Å². The molecule has 3 N–H and O–H groups in total. The molecule has 0 fully saturated rings. The Kier molecular flexibility index (Phi) is 3.71. The standard InChI is InChI=1S/C12H14F3NO2/c1-7-3-8(2)5-9(4-7)6-11(16,10(17)18)12(13,14)15/h3-5H,6,16H2,1-2H3,(H,17,18). The molecule has 0 saturated carbocycles. The maximum absolute atomic E-state index is 12.7. The van der Waals surface area contributed by atoms with E-state index < -0.39 is 24.1 Å². The summed E-state index contributed by atoms with van der Waals surface area (Å²) in [5.41, 5.74) is 3.56.